The van der Waals surface area contributed by atoms with Crippen LogP contribution < -0.4 is 10.7 Å². The molecule has 1 aromatic heterocycles. The summed E-state index contributed by atoms with van der Waals surface area (Å²) in [6, 6.07) is 13.3. The highest BCUT2D eigenvalue weighted by atomic mass is 35.5. The lowest BCUT2D eigenvalue weighted by Gasteiger charge is -2.24. The van der Waals surface area contributed by atoms with Crippen molar-refractivity contribution < 1.29 is 9.21 Å². The van der Waals surface area contributed by atoms with E-state index in [0.29, 0.717) is 22.7 Å². The van der Waals surface area contributed by atoms with E-state index in [4.69, 9.17) is 16.0 Å². The molecule has 0 N–H and O–H groups in total. The van der Waals surface area contributed by atoms with E-state index in [2.05, 4.69) is 17.0 Å². The zero-order chi connectivity index (χ0) is 20.4. The van der Waals surface area contributed by atoms with E-state index in [9.17, 15) is 9.59 Å². The molecule has 6 nitrogen and oxygen atoms in total. The third kappa shape index (κ3) is 4.17. The van der Waals surface area contributed by atoms with Crippen molar-refractivity contribution in [1.29, 1.82) is 0 Å². The van der Waals surface area contributed by atoms with E-state index in [1.807, 2.05) is 12.1 Å². The fraction of sp³-hybridized carbons (Fsp3) is 0.364. The number of hydrogen-bond donors (Lipinski definition) is 0. The first kappa shape index (κ1) is 19.6. The molecule has 4 rings (SSSR count). The number of aromatic nitrogens is 1. The highest BCUT2D eigenvalue weighted by molar-refractivity contribution is 6.31. The first-order valence-corrected chi connectivity index (χ1v) is 10.3. The SMILES string of the molecule is CN(Cc1ccccc1N1CCCC1)C(=O)CCn1c(=O)oc2cc(Cl)ccc21. The molecule has 0 spiro atoms. The summed E-state index contributed by atoms with van der Waals surface area (Å²) in [4.78, 5) is 29.0. The van der Waals surface area contributed by atoms with Crippen molar-refractivity contribution in [1.82, 2.24) is 9.47 Å². The summed E-state index contributed by atoms with van der Waals surface area (Å²) in [5.74, 6) is -0.492. The molecule has 0 aliphatic carbocycles. The highest BCUT2D eigenvalue weighted by Gasteiger charge is 2.18. The van der Waals surface area contributed by atoms with Gasteiger partial charge in [-0.05, 0) is 36.6 Å². The normalized spacial score (nSPS) is 13.9. The third-order valence-electron chi connectivity index (χ3n) is 5.45. The van der Waals surface area contributed by atoms with Crippen molar-refractivity contribution in [2.45, 2.75) is 32.4 Å². The van der Waals surface area contributed by atoms with Gasteiger partial charge in [-0.15, -0.1) is 0 Å². The Morgan fingerprint density at radius 3 is 2.72 bits per heavy atom. The van der Waals surface area contributed by atoms with Gasteiger partial charge in [-0.2, -0.15) is 0 Å². The van der Waals surface area contributed by atoms with Gasteiger partial charge in [0, 0.05) is 56.4 Å². The monoisotopic (exact) mass is 413 g/mol. The van der Waals surface area contributed by atoms with Gasteiger partial charge in [-0.3, -0.25) is 9.36 Å². The number of fused-ring (bicyclic) bond motifs is 1. The van der Waals surface area contributed by atoms with Crippen LogP contribution in [0.25, 0.3) is 11.1 Å². The van der Waals surface area contributed by atoms with Gasteiger partial charge in [0.05, 0.1) is 5.52 Å². The van der Waals surface area contributed by atoms with E-state index in [0.717, 1.165) is 18.7 Å². The molecule has 3 aromatic rings. The standard InChI is InChI=1S/C22H24ClN3O3/c1-24(15-16-6-2-3-7-18(16)25-11-4-5-12-25)21(27)10-13-26-19-9-8-17(23)14-20(19)29-22(26)28/h2-3,6-9,14H,4-5,10-13,15H2,1H3. The molecule has 29 heavy (non-hydrogen) atoms. The average Bonchev–Trinajstić information content (AvgIpc) is 3.34. The van der Waals surface area contributed by atoms with Crippen LogP contribution in [0.1, 0.15) is 24.8 Å². The van der Waals surface area contributed by atoms with Gasteiger partial charge in [0.25, 0.3) is 0 Å². The van der Waals surface area contributed by atoms with Crippen LogP contribution in [0.4, 0.5) is 5.69 Å². The van der Waals surface area contributed by atoms with Crippen molar-refractivity contribution in [3.63, 3.8) is 0 Å². The van der Waals surface area contributed by atoms with E-state index in [-0.39, 0.29) is 18.9 Å². The van der Waals surface area contributed by atoms with Gasteiger partial charge >= 0.3 is 5.76 Å². The molecule has 7 heteroatoms. The Bertz CT molecular complexity index is 1080. The van der Waals surface area contributed by atoms with E-state index >= 15 is 0 Å². The molecule has 2 heterocycles. The molecule has 2 aromatic carbocycles. The number of amides is 1. The second kappa shape index (κ2) is 8.33. The maximum atomic E-state index is 12.7. The quantitative estimate of drug-likeness (QED) is 0.615. The molecular formula is C22H24ClN3O3. The van der Waals surface area contributed by atoms with Gasteiger partial charge in [0.15, 0.2) is 5.58 Å². The number of aryl methyl sites for hydroxylation is 1. The Kier molecular flexibility index (Phi) is 5.62. The second-order valence-corrected chi connectivity index (χ2v) is 7.89. The molecule has 0 atom stereocenters. The lowest BCUT2D eigenvalue weighted by molar-refractivity contribution is -0.130. The molecule has 1 aliphatic heterocycles. The van der Waals surface area contributed by atoms with E-state index in [1.54, 1.807) is 30.1 Å². The smallest absolute Gasteiger partial charge is 0.408 e. The summed E-state index contributed by atoms with van der Waals surface area (Å²) in [5.41, 5.74) is 3.43. The van der Waals surface area contributed by atoms with Crippen molar-refractivity contribution in [2.75, 3.05) is 25.0 Å². The van der Waals surface area contributed by atoms with Crippen molar-refractivity contribution in [2.24, 2.45) is 0 Å². The predicted octanol–water partition coefficient (Wildman–Crippen LogP) is 3.90. The first-order valence-electron chi connectivity index (χ1n) is 9.88. The molecule has 152 valence electrons. The number of halogens is 1. The number of benzene rings is 2. The van der Waals surface area contributed by atoms with E-state index in [1.165, 1.54) is 23.1 Å². The largest absolute Gasteiger partial charge is 0.419 e. The van der Waals surface area contributed by atoms with Crippen molar-refractivity contribution in [3.8, 4) is 0 Å². The maximum Gasteiger partial charge on any atom is 0.419 e. The van der Waals surface area contributed by atoms with Gasteiger partial charge in [0.2, 0.25) is 5.91 Å². The first-order chi connectivity index (χ1) is 14.0. The van der Waals surface area contributed by atoms with Crippen molar-refractivity contribution >= 4 is 34.3 Å². The fourth-order valence-corrected chi connectivity index (χ4v) is 4.07. The zero-order valence-electron chi connectivity index (χ0n) is 16.4. The molecule has 0 bridgehead atoms. The number of anilines is 1. The summed E-state index contributed by atoms with van der Waals surface area (Å²) in [5, 5.41) is 0.505. The lowest BCUT2D eigenvalue weighted by Crippen LogP contribution is -2.29. The molecule has 1 saturated heterocycles. The second-order valence-electron chi connectivity index (χ2n) is 7.45. The van der Waals surface area contributed by atoms with E-state index < -0.39 is 5.76 Å². The minimum Gasteiger partial charge on any atom is -0.408 e. The molecule has 1 aliphatic rings. The number of para-hydroxylation sites is 1. The summed E-state index contributed by atoms with van der Waals surface area (Å²) >= 11 is 5.95. The molecule has 0 saturated carbocycles. The molecule has 1 fully saturated rings. The molecular weight excluding hydrogens is 390 g/mol. The summed E-state index contributed by atoms with van der Waals surface area (Å²) in [6.45, 7) is 2.94. The Labute approximate surface area is 174 Å². The highest BCUT2D eigenvalue weighted by Crippen LogP contribution is 2.25. The van der Waals surface area contributed by atoms with Crippen LogP contribution in [0.15, 0.2) is 51.7 Å². The van der Waals surface area contributed by atoms with Crippen LogP contribution in [-0.4, -0.2) is 35.5 Å². The summed E-state index contributed by atoms with van der Waals surface area (Å²) in [6.07, 6.45) is 2.64. The van der Waals surface area contributed by atoms with Gasteiger partial charge in [0.1, 0.15) is 0 Å². The van der Waals surface area contributed by atoms with Gasteiger partial charge in [-0.25, -0.2) is 4.79 Å². The van der Waals surface area contributed by atoms with Crippen LogP contribution in [0.5, 0.6) is 0 Å². The third-order valence-corrected chi connectivity index (χ3v) is 5.69. The molecule has 0 unspecified atom stereocenters. The van der Waals surface area contributed by atoms with Gasteiger partial charge < -0.3 is 14.2 Å². The Morgan fingerprint density at radius 1 is 1.17 bits per heavy atom. The summed E-state index contributed by atoms with van der Waals surface area (Å²) in [7, 11) is 1.80. The minimum atomic E-state index is -0.475. The number of hydrogen-bond acceptors (Lipinski definition) is 4. The van der Waals surface area contributed by atoms with Crippen LogP contribution in [-0.2, 0) is 17.9 Å². The number of rotatable bonds is 6. The predicted molar refractivity (Wildman–Crippen MR) is 114 cm³/mol. The Balaban J connectivity index is 1.44. The maximum absolute atomic E-state index is 12.7. The number of carbonyl (C=O) groups excluding carboxylic acids is 1. The topological polar surface area (TPSA) is 58.7 Å². The Hall–Kier alpha value is -2.73. The number of nitrogens with zero attached hydrogens (tertiary/aromatic N) is 3. The molecule has 1 amide bonds. The minimum absolute atomic E-state index is 0.0172. The van der Waals surface area contributed by atoms with Crippen LogP contribution in [0, 0.1) is 0 Å². The van der Waals surface area contributed by atoms with Crippen LogP contribution in [0.3, 0.4) is 0 Å². The van der Waals surface area contributed by atoms with Crippen molar-refractivity contribution in [3.05, 3.63) is 63.6 Å². The summed E-state index contributed by atoms with van der Waals surface area (Å²) < 4.78 is 6.72. The average molecular weight is 414 g/mol. The Morgan fingerprint density at radius 2 is 1.93 bits per heavy atom. The van der Waals surface area contributed by atoms with Crippen LogP contribution in [0.2, 0.25) is 5.02 Å². The number of carbonyl (C=O) groups is 1. The van der Waals surface area contributed by atoms with Crippen LogP contribution >= 0.6 is 11.6 Å². The zero-order valence-corrected chi connectivity index (χ0v) is 17.2. The number of oxazole rings is 1. The lowest BCUT2D eigenvalue weighted by atomic mass is 10.1. The molecule has 0 radical (unpaired) electrons. The fourth-order valence-electron chi connectivity index (χ4n) is 3.91. The van der Waals surface area contributed by atoms with Gasteiger partial charge in [-0.1, -0.05) is 29.8 Å².